The van der Waals surface area contributed by atoms with Gasteiger partial charge in [-0.2, -0.15) is 0 Å². The summed E-state index contributed by atoms with van der Waals surface area (Å²) >= 11 is 1.62. The largest absolute Gasteiger partial charge is 0.497 e. The molecule has 0 bridgehead atoms. The molecule has 1 aromatic carbocycles. The Morgan fingerprint density at radius 1 is 1.35 bits per heavy atom. The van der Waals surface area contributed by atoms with Crippen LogP contribution in [-0.4, -0.2) is 47.7 Å². The second kappa shape index (κ2) is 11.5. The number of carboxylic acids is 1. The van der Waals surface area contributed by atoms with Crippen molar-refractivity contribution in [1.82, 2.24) is 9.88 Å². The van der Waals surface area contributed by atoms with E-state index in [0.29, 0.717) is 30.2 Å². The lowest BCUT2D eigenvalue weighted by atomic mass is 9.80. The molecule has 0 radical (unpaired) electrons. The number of carboxylic acid groups (broad SMARTS) is 1. The van der Waals surface area contributed by atoms with Crippen molar-refractivity contribution in [3.63, 3.8) is 0 Å². The van der Waals surface area contributed by atoms with Crippen molar-refractivity contribution in [2.75, 3.05) is 26.7 Å². The summed E-state index contributed by atoms with van der Waals surface area (Å²) in [6.07, 6.45) is 4.64. The van der Waals surface area contributed by atoms with E-state index < -0.39 is 5.97 Å². The first-order valence-corrected chi connectivity index (χ1v) is 12.5. The van der Waals surface area contributed by atoms with Gasteiger partial charge in [0.25, 0.3) is 0 Å². The molecule has 1 fully saturated rings. The number of methoxy groups -OCH3 is 1. The fourth-order valence-corrected chi connectivity index (χ4v) is 5.44. The smallest absolute Gasteiger partial charge is 0.303 e. The van der Waals surface area contributed by atoms with Crippen molar-refractivity contribution in [2.45, 2.75) is 32.1 Å². The van der Waals surface area contributed by atoms with Crippen LogP contribution in [0.15, 0.2) is 41.9 Å². The molecule has 1 aliphatic rings. The molecule has 0 amide bonds. The first-order valence-electron chi connectivity index (χ1n) is 11.6. The van der Waals surface area contributed by atoms with E-state index in [2.05, 4.69) is 21.7 Å². The summed E-state index contributed by atoms with van der Waals surface area (Å²) in [7, 11) is 1.59. The Morgan fingerprint density at radius 2 is 2.24 bits per heavy atom. The third kappa shape index (κ3) is 6.13. The Kier molecular flexibility index (Phi) is 8.15. The van der Waals surface area contributed by atoms with Gasteiger partial charge in [-0.3, -0.25) is 14.7 Å². The molecule has 4 rings (SSSR count). The second-order valence-corrected chi connectivity index (χ2v) is 9.73. The zero-order valence-corrected chi connectivity index (χ0v) is 20.1. The minimum absolute atomic E-state index is 0.0777. The number of carbonyl (C=O) groups is 1. The molecule has 3 aromatic rings. The molecule has 0 saturated carbocycles. The minimum atomic E-state index is -0.764. The number of benzene rings is 1. The lowest BCUT2D eigenvalue weighted by Crippen LogP contribution is -2.41. The van der Waals surface area contributed by atoms with Crippen LogP contribution in [0.4, 0.5) is 4.39 Å². The molecule has 34 heavy (non-hydrogen) atoms. The lowest BCUT2D eigenvalue weighted by Gasteiger charge is -2.37. The van der Waals surface area contributed by atoms with E-state index in [1.807, 2.05) is 35.7 Å². The van der Waals surface area contributed by atoms with Crippen LogP contribution in [0.3, 0.4) is 0 Å². The molecule has 1 aliphatic heterocycles. The van der Waals surface area contributed by atoms with Crippen LogP contribution in [-0.2, 0) is 11.2 Å². The Labute approximate surface area is 203 Å². The molecule has 7 heteroatoms. The van der Waals surface area contributed by atoms with E-state index in [0.717, 1.165) is 48.1 Å². The molecule has 0 unspecified atom stereocenters. The van der Waals surface area contributed by atoms with Crippen LogP contribution in [0.1, 0.15) is 36.1 Å². The number of aliphatic carboxylic acids is 1. The second-order valence-electron chi connectivity index (χ2n) is 8.78. The molecule has 178 valence electrons. The minimum Gasteiger partial charge on any atom is -0.497 e. The number of aromatic nitrogens is 1. The highest BCUT2D eigenvalue weighted by molar-refractivity contribution is 7.10. The molecule has 2 aromatic heterocycles. The number of hydrogen-bond donors (Lipinski definition) is 1. The van der Waals surface area contributed by atoms with E-state index in [9.17, 15) is 14.3 Å². The highest BCUT2D eigenvalue weighted by Crippen LogP contribution is 2.32. The van der Waals surface area contributed by atoms with Crippen molar-refractivity contribution in [2.24, 2.45) is 11.8 Å². The maximum absolute atomic E-state index is 14.6. The zero-order valence-electron chi connectivity index (χ0n) is 19.3. The van der Waals surface area contributed by atoms with Gasteiger partial charge in [0.1, 0.15) is 11.6 Å². The number of pyridine rings is 1. The van der Waals surface area contributed by atoms with E-state index in [-0.39, 0.29) is 18.2 Å². The molecule has 1 saturated heterocycles. The first kappa shape index (κ1) is 24.2. The first-order chi connectivity index (χ1) is 16.5. The van der Waals surface area contributed by atoms with Gasteiger partial charge in [0.15, 0.2) is 0 Å². The van der Waals surface area contributed by atoms with E-state index in [1.165, 1.54) is 6.20 Å². The van der Waals surface area contributed by atoms with Crippen LogP contribution in [0.25, 0.3) is 10.9 Å². The van der Waals surface area contributed by atoms with E-state index in [1.54, 1.807) is 18.4 Å². The Morgan fingerprint density at radius 3 is 3.00 bits per heavy atom. The van der Waals surface area contributed by atoms with Crippen molar-refractivity contribution in [3.8, 4) is 17.6 Å². The number of piperidine rings is 1. The van der Waals surface area contributed by atoms with Crippen LogP contribution >= 0.6 is 11.3 Å². The normalized spacial score (nSPS) is 18.4. The Hall–Kier alpha value is -2.95. The number of hydrogen-bond acceptors (Lipinski definition) is 5. The van der Waals surface area contributed by atoms with Crippen molar-refractivity contribution < 1.29 is 19.0 Å². The van der Waals surface area contributed by atoms with Crippen molar-refractivity contribution in [3.05, 3.63) is 58.2 Å². The monoisotopic (exact) mass is 480 g/mol. The summed E-state index contributed by atoms with van der Waals surface area (Å²) in [5.74, 6) is 6.40. The molecule has 2 atom stereocenters. The molecule has 0 spiro atoms. The highest BCUT2D eigenvalue weighted by Gasteiger charge is 2.30. The Bertz CT molecular complexity index is 1190. The van der Waals surface area contributed by atoms with Gasteiger partial charge in [0.2, 0.25) is 0 Å². The van der Waals surface area contributed by atoms with Gasteiger partial charge in [-0.25, -0.2) is 4.39 Å². The highest BCUT2D eigenvalue weighted by atomic mass is 32.1. The summed E-state index contributed by atoms with van der Waals surface area (Å²) in [5, 5.41) is 12.3. The van der Waals surface area contributed by atoms with Crippen molar-refractivity contribution >= 4 is 28.2 Å². The summed E-state index contributed by atoms with van der Waals surface area (Å²) in [4.78, 5) is 19.0. The van der Waals surface area contributed by atoms with Gasteiger partial charge < -0.3 is 9.84 Å². The quantitative estimate of drug-likeness (QED) is 0.447. The van der Waals surface area contributed by atoms with E-state index >= 15 is 0 Å². The molecule has 1 N–H and O–H groups in total. The molecule has 0 aliphatic carbocycles. The molecule has 3 heterocycles. The van der Waals surface area contributed by atoms with Gasteiger partial charge >= 0.3 is 5.97 Å². The van der Waals surface area contributed by atoms with Crippen molar-refractivity contribution in [1.29, 1.82) is 0 Å². The number of likely N-dealkylation sites (tertiary alicyclic amines) is 1. The van der Waals surface area contributed by atoms with Crippen LogP contribution in [0.5, 0.6) is 5.75 Å². The lowest BCUT2D eigenvalue weighted by molar-refractivity contribution is -0.139. The van der Waals surface area contributed by atoms with Crippen LogP contribution < -0.4 is 4.74 Å². The average molecular weight is 481 g/mol. The topological polar surface area (TPSA) is 62.7 Å². The third-order valence-corrected chi connectivity index (χ3v) is 7.37. The summed E-state index contributed by atoms with van der Waals surface area (Å²) in [6.45, 7) is 2.29. The van der Waals surface area contributed by atoms with E-state index in [4.69, 9.17) is 4.74 Å². The number of nitrogens with zero attached hydrogens (tertiary/aromatic N) is 2. The fraction of sp³-hybridized carbons (Fsp3) is 0.407. The van der Waals surface area contributed by atoms with Gasteiger partial charge in [0.05, 0.1) is 30.2 Å². The van der Waals surface area contributed by atoms with Gasteiger partial charge in [-0.05, 0) is 79.3 Å². The summed E-state index contributed by atoms with van der Waals surface area (Å²) in [6, 6.07) is 9.50. The molecular weight excluding hydrogens is 451 g/mol. The summed E-state index contributed by atoms with van der Waals surface area (Å²) in [5.41, 5.74) is 1.40. The zero-order chi connectivity index (χ0) is 23.9. The fourth-order valence-electron chi connectivity index (χ4n) is 4.85. The number of thiophene rings is 1. The predicted molar refractivity (Wildman–Crippen MR) is 133 cm³/mol. The Balaban J connectivity index is 1.38. The maximum Gasteiger partial charge on any atom is 0.303 e. The van der Waals surface area contributed by atoms with Gasteiger partial charge in [-0.15, -0.1) is 11.3 Å². The number of fused-ring (bicyclic) bond motifs is 1. The summed E-state index contributed by atoms with van der Waals surface area (Å²) < 4.78 is 19.9. The standard InChI is InChI=1S/C27H29FN2O3S/c1-33-21-9-10-26-24(16-21)23(25(28)17-29-26)8-2-5-19-11-13-30(18-20(19)15-27(31)32)12-3-6-22-7-4-14-34-22/h4,7,9-10,14,16-17,19-20H,2,5,8,11-13,15,18H2,1H3,(H,31,32)/t19-,20-/m1/s1. The number of halogens is 1. The number of aryl methyl sites for hydroxylation is 1. The van der Waals surface area contributed by atoms with Crippen LogP contribution in [0, 0.1) is 29.5 Å². The SMILES string of the molecule is COc1ccc2ncc(F)c(CCC[C@@H]3CCN(CC#Cc4cccs4)C[C@H]3CC(=O)O)c2c1. The number of rotatable bonds is 8. The molecule has 5 nitrogen and oxygen atoms in total. The van der Waals surface area contributed by atoms with Crippen LogP contribution in [0.2, 0.25) is 0 Å². The van der Waals surface area contributed by atoms with Gasteiger partial charge in [0, 0.05) is 18.4 Å². The predicted octanol–water partition coefficient (Wildman–Crippen LogP) is 5.23. The average Bonchev–Trinajstić information content (AvgIpc) is 3.34. The molecular formula is C27H29FN2O3S. The number of ether oxygens (including phenoxy) is 1. The maximum atomic E-state index is 14.6. The third-order valence-electron chi connectivity index (χ3n) is 6.58. The van der Waals surface area contributed by atoms with Gasteiger partial charge in [-0.1, -0.05) is 17.9 Å².